The molecule has 27 heavy (non-hydrogen) atoms. The fourth-order valence-electron chi connectivity index (χ4n) is 3.21. The van der Waals surface area contributed by atoms with Crippen LogP contribution in [0, 0.1) is 5.82 Å². The fraction of sp³-hybridized carbons (Fsp3) is 0.421. The van der Waals surface area contributed by atoms with Gasteiger partial charge in [-0.25, -0.2) is 23.1 Å². The summed E-state index contributed by atoms with van der Waals surface area (Å²) in [6, 6.07) is 7.31. The van der Waals surface area contributed by atoms with Crippen LogP contribution in [0.25, 0.3) is 0 Å². The molecule has 1 aromatic heterocycles. The van der Waals surface area contributed by atoms with Crippen LogP contribution in [-0.2, 0) is 0 Å². The zero-order valence-corrected chi connectivity index (χ0v) is 14.6. The number of carbonyl (C=O) groups excluding carboxylic acids is 1. The van der Waals surface area contributed by atoms with E-state index in [1.54, 1.807) is 17.0 Å². The van der Waals surface area contributed by atoms with Gasteiger partial charge in [-0.3, -0.25) is 4.79 Å². The van der Waals surface area contributed by atoms with Crippen LogP contribution in [0.5, 0.6) is 0 Å². The summed E-state index contributed by atoms with van der Waals surface area (Å²) >= 11 is 0. The van der Waals surface area contributed by atoms with E-state index >= 15 is 0 Å². The molecule has 1 amide bonds. The molecule has 2 aliphatic rings. The third-order valence-corrected chi connectivity index (χ3v) is 4.91. The number of amides is 1. The molecule has 1 aliphatic heterocycles. The lowest BCUT2D eigenvalue weighted by atomic mass is 10.2. The van der Waals surface area contributed by atoms with Crippen molar-refractivity contribution in [1.29, 1.82) is 0 Å². The van der Waals surface area contributed by atoms with Crippen molar-refractivity contribution < 1.29 is 18.0 Å². The van der Waals surface area contributed by atoms with Gasteiger partial charge < -0.3 is 9.80 Å². The average molecular weight is 376 g/mol. The van der Waals surface area contributed by atoms with Crippen LogP contribution < -0.4 is 4.90 Å². The summed E-state index contributed by atoms with van der Waals surface area (Å²) in [5, 5.41) is 0. The summed E-state index contributed by atoms with van der Waals surface area (Å²) in [6.07, 6.45) is -0.986. The number of aromatic nitrogens is 2. The van der Waals surface area contributed by atoms with Crippen LogP contribution in [0.2, 0.25) is 0 Å². The molecule has 1 aromatic carbocycles. The number of anilines is 1. The molecule has 0 N–H and O–H groups in total. The zero-order chi connectivity index (χ0) is 19.0. The summed E-state index contributed by atoms with van der Waals surface area (Å²) in [5.41, 5.74) is 0.541. The Morgan fingerprint density at radius 1 is 1.04 bits per heavy atom. The van der Waals surface area contributed by atoms with Gasteiger partial charge in [-0.05, 0) is 43.2 Å². The minimum absolute atomic E-state index is 0.0393. The number of hydrogen-bond acceptors (Lipinski definition) is 4. The highest BCUT2D eigenvalue weighted by atomic mass is 19.3. The van der Waals surface area contributed by atoms with Gasteiger partial charge in [-0.2, -0.15) is 0 Å². The first-order chi connectivity index (χ1) is 13.0. The molecule has 4 rings (SSSR count). The maximum absolute atomic E-state index is 13.1. The Morgan fingerprint density at radius 2 is 1.70 bits per heavy atom. The molecule has 8 heteroatoms. The Labute approximate surface area is 154 Å². The minimum atomic E-state index is -2.73. The van der Waals surface area contributed by atoms with E-state index in [-0.39, 0.29) is 29.0 Å². The molecule has 0 unspecified atom stereocenters. The number of benzene rings is 1. The van der Waals surface area contributed by atoms with Crippen molar-refractivity contribution in [2.75, 3.05) is 31.1 Å². The second-order valence-corrected chi connectivity index (χ2v) is 6.87. The van der Waals surface area contributed by atoms with Gasteiger partial charge in [0.1, 0.15) is 23.0 Å². The molecule has 2 heterocycles. The van der Waals surface area contributed by atoms with E-state index in [9.17, 15) is 18.0 Å². The monoisotopic (exact) mass is 376 g/mol. The lowest BCUT2D eigenvalue weighted by molar-refractivity contribution is 0.0739. The average Bonchev–Trinajstić information content (AvgIpc) is 3.53. The largest absolute Gasteiger partial charge is 0.368 e. The Morgan fingerprint density at radius 3 is 2.30 bits per heavy atom. The summed E-state index contributed by atoms with van der Waals surface area (Å²) < 4.78 is 39.3. The summed E-state index contributed by atoms with van der Waals surface area (Å²) in [4.78, 5) is 24.6. The molecule has 142 valence electrons. The van der Waals surface area contributed by atoms with Gasteiger partial charge in [0.15, 0.2) is 0 Å². The molecule has 0 atom stereocenters. The molecular formula is C19H19F3N4O. The molecule has 2 aromatic rings. The van der Waals surface area contributed by atoms with Crippen LogP contribution >= 0.6 is 0 Å². The number of piperazine rings is 1. The predicted octanol–water partition coefficient (Wildman–Crippen LogP) is 3.39. The first-order valence-electron chi connectivity index (χ1n) is 8.98. The van der Waals surface area contributed by atoms with E-state index in [1.165, 1.54) is 12.1 Å². The standard InChI is InChI=1S/C19H19F3N4O/c20-13-3-5-14(6-4-13)25-7-9-26(10-8-25)19(27)16-11-15(17(21)22)23-18(24-16)12-1-2-12/h3-6,11-12,17H,1-2,7-10H2. The molecule has 1 aliphatic carbocycles. The summed E-state index contributed by atoms with van der Waals surface area (Å²) in [6.45, 7) is 2.06. The maximum atomic E-state index is 13.1. The number of alkyl halides is 2. The van der Waals surface area contributed by atoms with Crippen molar-refractivity contribution in [3.8, 4) is 0 Å². The molecule has 2 fully saturated rings. The van der Waals surface area contributed by atoms with Crippen LogP contribution in [0.1, 0.15) is 47.2 Å². The molecular weight excluding hydrogens is 357 g/mol. The van der Waals surface area contributed by atoms with E-state index in [4.69, 9.17) is 0 Å². The van der Waals surface area contributed by atoms with Crippen LogP contribution in [-0.4, -0.2) is 47.0 Å². The van der Waals surface area contributed by atoms with Crippen LogP contribution in [0.4, 0.5) is 18.9 Å². The number of rotatable bonds is 4. The van der Waals surface area contributed by atoms with E-state index in [0.717, 1.165) is 24.6 Å². The van der Waals surface area contributed by atoms with E-state index < -0.39 is 6.43 Å². The maximum Gasteiger partial charge on any atom is 0.280 e. The summed E-state index contributed by atoms with van der Waals surface area (Å²) in [5.74, 6) is -0.204. The fourth-order valence-corrected chi connectivity index (χ4v) is 3.21. The highest BCUT2D eigenvalue weighted by Crippen LogP contribution is 2.38. The third-order valence-electron chi connectivity index (χ3n) is 4.91. The van der Waals surface area contributed by atoms with Gasteiger partial charge in [0.05, 0.1) is 0 Å². The highest BCUT2D eigenvalue weighted by Gasteiger charge is 2.31. The quantitative estimate of drug-likeness (QED) is 0.821. The summed E-state index contributed by atoms with van der Waals surface area (Å²) in [7, 11) is 0. The Kier molecular flexibility index (Phi) is 4.72. The SMILES string of the molecule is O=C(c1cc(C(F)F)nc(C2CC2)n1)N1CCN(c2ccc(F)cc2)CC1. The van der Waals surface area contributed by atoms with Crippen molar-refractivity contribution in [1.82, 2.24) is 14.9 Å². The smallest absolute Gasteiger partial charge is 0.280 e. The zero-order valence-electron chi connectivity index (χ0n) is 14.6. The molecule has 0 spiro atoms. The number of hydrogen-bond donors (Lipinski definition) is 0. The van der Waals surface area contributed by atoms with E-state index in [0.29, 0.717) is 32.0 Å². The molecule has 5 nitrogen and oxygen atoms in total. The second-order valence-electron chi connectivity index (χ2n) is 6.87. The van der Waals surface area contributed by atoms with E-state index in [2.05, 4.69) is 14.9 Å². The Balaban J connectivity index is 1.47. The Bertz CT molecular complexity index is 811. The van der Waals surface area contributed by atoms with Gasteiger partial charge in [0, 0.05) is 37.8 Å². The van der Waals surface area contributed by atoms with Gasteiger partial charge in [-0.1, -0.05) is 0 Å². The van der Waals surface area contributed by atoms with Gasteiger partial charge in [-0.15, -0.1) is 0 Å². The topological polar surface area (TPSA) is 49.3 Å². The molecule has 1 saturated carbocycles. The number of carbonyl (C=O) groups is 1. The molecule has 1 saturated heterocycles. The number of halogens is 3. The van der Waals surface area contributed by atoms with Crippen molar-refractivity contribution in [3.63, 3.8) is 0 Å². The first kappa shape index (κ1) is 17.8. The van der Waals surface area contributed by atoms with Gasteiger partial charge in [0.25, 0.3) is 12.3 Å². The minimum Gasteiger partial charge on any atom is -0.368 e. The van der Waals surface area contributed by atoms with E-state index in [1.807, 2.05) is 0 Å². The third kappa shape index (κ3) is 3.89. The molecule has 0 radical (unpaired) electrons. The van der Waals surface area contributed by atoms with Gasteiger partial charge in [0.2, 0.25) is 0 Å². The Hall–Kier alpha value is -2.64. The van der Waals surface area contributed by atoms with Crippen molar-refractivity contribution >= 4 is 11.6 Å². The number of nitrogens with zero attached hydrogens (tertiary/aromatic N) is 4. The van der Waals surface area contributed by atoms with Crippen molar-refractivity contribution in [2.45, 2.75) is 25.2 Å². The molecule has 0 bridgehead atoms. The van der Waals surface area contributed by atoms with Crippen LogP contribution in [0.3, 0.4) is 0 Å². The lowest BCUT2D eigenvalue weighted by Crippen LogP contribution is -2.49. The highest BCUT2D eigenvalue weighted by molar-refractivity contribution is 5.92. The predicted molar refractivity (Wildman–Crippen MR) is 93.5 cm³/mol. The first-order valence-corrected chi connectivity index (χ1v) is 8.98. The van der Waals surface area contributed by atoms with Crippen molar-refractivity contribution in [3.05, 3.63) is 53.4 Å². The normalized spacial score (nSPS) is 17.5. The van der Waals surface area contributed by atoms with Crippen molar-refractivity contribution in [2.24, 2.45) is 0 Å². The van der Waals surface area contributed by atoms with Crippen LogP contribution in [0.15, 0.2) is 30.3 Å². The second kappa shape index (κ2) is 7.17. The lowest BCUT2D eigenvalue weighted by Gasteiger charge is -2.36. The van der Waals surface area contributed by atoms with Gasteiger partial charge >= 0.3 is 0 Å².